The number of anilines is 1. The molecule has 0 aromatic carbocycles. The van der Waals surface area contributed by atoms with Crippen LogP contribution in [0.25, 0.3) is 11.2 Å². The topological polar surface area (TPSA) is 66.0 Å². The SMILES string of the molecule is CCCC(c1cccs1)n1c(N)nc2ccc(OC)nc21. The van der Waals surface area contributed by atoms with Crippen LogP contribution in [0.15, 0.2) is 29.6 Å². The number of fused-ring (bicyclic) bond motifs is 1. The summed E-state index contributed by atoms with van der Waals surface area (Å²) in [6.07, 6.45) is 2.06. The number of thiophene rings is 1. The summed E-state index contributed by atoms with van der Waals surface area (Å²) in [6.45, 7) is 2.17. The molecule has 3 rings (SSSR count). The molecule has 0 amide bonds. The zero-order chi connectivity index (χ0) is 14.8. The Balaban J connectivity index is 2.18. The summed E-state index contributed by atoms with van der Waals surface area (Å²) in [6, 6.07) is 8.06. The number of nitrogens with two attached hydrogens (primary N) is 1. The van der Waals surface area contributed by atoms with Crippen molar-refractivity contribution in [2.75, 3.05) is 12.8 Å². The summed E-state index contributed by atoms with van der Waals surface area (Å²) in [5.41, 5.74) is 7.73. The summed E-state index contributed by atoms with van der Waals surface area (Å²) >= 11 is 1.73. The second-order valence-electron chi connectivity index (χ2n) is 4.86. The molecule has 2 N–H and O–H groups in total. The Morgan fingerprint density at radius 3 is 2.86 bits per heavy atom. The number of rotatable bonds is 5. The molecule has 0 radical (unpaired) electrons. The van der Waals surface area contributed by atoms with E-state index in [-0.39, 0.29) is 6.04 Å². The average Bonchev–Trinajstić information content (AvgIpc) is 3.11. The molecule has 0 saturated heterocycles. The molecule has 0 saturated carbocycles. The van der Waals surface area contributed by atoms with Crippen molar-refractivity contribution in [2.45, 2.75) is 25.8 Å². The second kappa shape index (κ2) is 5.73. The molecular formula is C15H18N4OS. The smallest absolute Gasteiger partial charge is 0.215 e. The van der Waals surface area contributed by atoms with Crippen molar-refractivity contribution in [3.8, 4) is 5.88 Å². The first-order chi connectivity index (χ1) is 10.2. The van der Waals surface area contributed by atoms with Gasteiger partial charge in [0.15, 0.2) is 5.65 Å². The van der Waals surface area contributed by atoms with Crippen LogP contribution >= 0.6 is 11.3 Å². The number of nitrogens with zero attached hydrogens (tertiary/aromatic N) is 3. The van der Waals surface area contributed by atoms with Gasteiger partial charge in [0.05, 0.1) is 13.2 Å². The van der Waals surface area contributed by atoms with Gasteiger partial charge in [0.25, 0.3) is 0 Å². The molecule has 3 aromatic heterocycles. The predicted octanol–water partition coefficient (Wildman–Crippen LogP) is 3.47. The Labute approximate surface area is 127 Å². The zero-order valence-electron chi connectivity index (χ0n) is 12.1. The van der Waals surface area contributed by atoms with Gasteiger partial charge in [0.1, 0.15) is 5.52 Å². The minimum absolute atomic E-state index is 0.166. The van der Waals surface area contributed by atoms with Crippen LogP contribution in [0.5, 0.6) is 5.88 Å². The fourth-order valence-electron chi connectivity index (χ4n) is 2.55. The number of nitrogen functional groups attached to an aromatic ring is 1. The molecule has 1 atom stereocenters. The lowest BCUT2D eigenvalue weighted by Gasteiger charge is -2.18. The van der Waals surface area contributed by atoms with E-state index in [1.165, 1.54) is 4.88 Å². The normalized spacial score (nSPS) is 12.7. The quantitative estimate of drug-likeness (QED) is 0.783. The minimum atomic E-state index is 0.166. The summed E-state index contributed by atoms with van der Waals surface area (Å²) in [7, 11) is 1.61. The first-order valence-corrected chi connectivity index (χ1v) is 7.84. The van der Waals surface area contributed by atoms with Crippen LogP contribution in [-0.4, -0.2) is 21.6 Å². The first kappa shape index (κ1) is 13.9. The Morgan fingerprint density at radius 2 is 2.19 bits per heavy atom. The molecule has 1 unspecified atom stereocenters. The van der Waals surface area contributed by atoms with Crippen LogP contribution in [-0.2, 0) is 0 Å². The third-order valence-electron chi connectivity index (χ3n) is 3.49. The lowest BCUT2D eigenvalue weighted by Crippen LogP contribution is -2.13. The number of methoxy groups -OCH3 is 1. The number of imidazole rings is 1. The van der Waals surface area contributed by atoms with Crippen molar-refractivity contribution in [1.29, 1.82) is 0 Å². The molecule has 0 fully saturated rings. The van der Waals surface area contributed by atoms with Crippen LogP contribution in [0.2, 0.25) is 0 Å². The van der Waals surface area contributed by atoms with Gasteiger partial charge in [-0.15, -0.1) is 11.3 Å². The van der Waals surface area contributed by atoms with Gasteiger partial charge in [-0.2, -0.15) is 4.98 Å². The highest BCUT2D eigenvalue weighted by Gasteiger charge is 2.21. The molecule has 0 bridgehead atoms. The first-order valence-electron chi connectivity index (χ1n) is 6.96. The molecule has 0 aliphatic carbocycles. The maximum Gasteiger partial charge on any atom is 0.215 e. The van der Waals surface area contributed by atoms with Crippen LogP contribution in [0.4, 0.5) is 5.95 Å². The average molecular weight is 302 g/mol. The van der Waals surface area contributed by atoms with Crippen molar-refractivity contribution in [3.05, 3.63) is 34.5 Å². The summed E-state index contributed by atoms with van der Waals surface area (Å²) in [5.74, 6) is 1.07. The summed E-state index contributed by atoms with van der Waals surface area (Å²) < 4.78 is 7.25. The van der Waals surface area contributed by atoms with E-state index in [0.717, 1.165) is 24.0 Å². The maximum absolute atomic E-state index is 6.16. The maximum atomic E-state index is 6.16. The van der Waals surface area contributed by atoms with Crippen molar-refractivity contribution in [1.82, 2.24) is 14.5 Å². The van der Waals surface area contributed by atoms with Crippen molar-refractivity contribution < 1.29 is 4.74 Å². The zero-order valence-corrected chi connectivity index (χ0v) is 12.9. The highest BCUT2D eigenvalue weighted by Crippen LogP contribution is 2.33. The largest absolute Gasteiger partial charge is 0.481 e. The molecule has 0 aliphatic rings. The number of ether oxygens (including phenoxy) is 1. The van der Waals surface area contributed by atoms with Gasteiger partial charge in [0.2, 0.25) is 11.8 Å². The van der Waals surface area contributed by atoms with E-state index in [0.29, 0.717) is 11.8 Å². The standard InChI is InChI=1S/C15H18N4OS/c1-3-5-11(12-6-4-9-21-12)19-14-10(17-15(19)16)7-8-13(18-14)20-2/h4,6-9,11H,3,5H2,1-2H3,(H2,16,17). The lowest BCUT2D eigenvalue weighted by atomic mass is 10.1. The number of pyridine rings is 1. The third kappa shape index (κ3) is 2.47. The van der Waals surface area contributed by atoms with E-state index in [1.54, 1.807) is 24.5 Å². The van der Waals surface area contributed by atoms with Crippen LogP contribution < -0.4 is 10.5 Å². The monoisotopic (exact) mass is 302 g/mol. The minimum Gasteiger partial charge on any atom is -0.481 e. The third-order valence-corrected chi connectivity index (χ3v) is 4.47. The van der Waals surface area contributed by atoms with E-state index < -0.39 is 0 Å². The van der Waals surface area contributed by atoms with Crippen molar-refractivity contribution >= 4 is 28.4 Å². The molecule has 5 nitrogen and oxygen atoms in total. The second-order valence-corrected chi connectivity index (χ2v) is 5.84. The fourth-order valence-corrected chi connectivity index (χ4v) is 3.40. The van der Waals surface area contributed by atoms with Gasteiger partial charge >= 0.3 is 0 Å². The van der Waals surface area contributed by atoms with Gasteiger partial charge in [0, 0.05) is 10.9 Å². The molecule has 21 heavy (non-hydrogen) atoms. The molecule has 3 heterocycles. The summed E-state index contributed by atoms with van der Waals surface area (Å²) in [4.78, 5) is 10.2. The van der Waals surface area contributed by atoms with E-state index in [9.17, 15) is 0 Å². The number of aromatic nitrogens is 3. The Hall–Kier alpha value is -2.08. The van der Waals surface area contributed by atoms with Gasteiger partial charge in [-0.05, 0) is 23.9 Å². The molecule has 0 aliphatic heterocycles. The van der Waals surface area contributed by atoms with E-state index in [2.05, 4.69) is 34.4 Å². The predicted molar refractivity (Wildman–Crippen MR) is 85.9 cm³/mol. The van der Waals surface area contributed by atoms with Gasteiger partial charge in [-0.3, -0.25) is 4.57 Å². The van der Waals surface area contributed by atoms with E-state index >= 15 is 0 Å². The van der Waals surface area contributed by atoms with Gasteiger partial charge in [-0.25, -0.2) is 4.98 Å². The summed E-state index contributed by atoms with van der Waals surface area (Å²) in [5, 5.41) is 2.08. The van der Waals surface area contributed by atoms with E-state index in [1.807, 2.05) is 10.6 Å². The molecule has 3 aromatic rings. The lowest BCUT2D eigenvalue weighted by molar-refractivity contribution is 0.398. The van der Waals surface area contributed by atoms with Gasteiger partial charge in [-0.1, -0.05) is 19.4 Å². The highest BCUT2D eigenvalue weighted by atomic mass is 32.1. The van der Waals surface area contributed by atoms with Crippen molar-refractivity contribution in [2.24, 2.45) is 0 Å². The fraction of sp³-hybridized carbons (Fsp3) is 0.333. The van der Waals surface area contributed by atoms with Gasteiger partial charge < -0.3 is 10.5 Å². The van der Waals surface area contributed by atoms with E-state index in [4.69, 9.17) is 10.5 Å². The molecule has 6 heteroatoms. The molecule has 0 spiro atoms. The number of hydrogen-bond acceptors (Lipinski definition) is 5. The highest BCUT2D eigenvalue weighted by molar-refractivity contribution is 7.10. The van der Waals surface area contributed by atoms with Crippen LogP contribution in [0, 0.1) is 0 Å². The Bertz CT molecular complexity index is 736. The Kier molecular flexibility index (Phi) is 3.79. The van der Waals surface area contributed by atoms with Crippen LogP contribution in [0.1, 0.15) is 30.7 Å². The molecular weight excluding hydrogens is 284 g/mol. The molecule has 110 valence electrons. The van der Waals surface area contributed by atoms with Crippen LogP contribution in [0.3, 0.4) is 0 Å². The van der Waals surface area contributed by atoms with Crippen molar-refractivity contribution in [3.63, 3.8) is 0 Å². The Morgan fingerprint density at radius 1 is 1.33 bits per heavy atom. The number of hydrogen-bond donors (Lipinski definition) is 1.